The van der Waals surface area contributed by atoms with Crippen LogP contribution in [0.25, 0.3) is 5.69 Å². The number of hydrogen-bond donors (Lipinski definition) is 1. The molecule has 0 saturated carbocycles. The summed E-state index contributed by atoms with van der Waals surface area (Å²) in [6.07, 6.45) is -0.127. The van der Waals surface area contributed by atoms with Gasteiger partial charge in [-0.05, 0) is 30.7 Å². The van der Waals surface area contributed by atoms with Crippen molar-refractivity contribution in [3.05, 3.63) is 76.2 Å². The number of rotatable bonds is 3. The van der Waals surface area contributed by atoms with E-state index >= 15 is 0 Å². The number of benzene rings is 2. The van der Waals surface area contributed by atoms with E-state index < -0.39 is 6.10 Å². The summed E-state index contributed by atoms with van der Waals surface area (Å²) in [6.45, 7) is 1.81. The van der Waals surface area contributed by atoms with E-state index in [-0.39, 0.29) is 17.2 Å². The molecule has 0 spiro atoms. The van der Waals surface area contributed by atoms with Gasteiger partial charge in [-0.1, -0.05) is 36.4 Å². The zero-order valence-electron chi connectivity index (χ0n) is 14.6. The van der Waals surface area contributed by atoms with Gasteiger partial charge in [-0.15, -0.1) is 0 Å². The molecule has 132 valence electrons. The third kappa shape index (κ3) is 2.60. The Morgan fingerprint density at radius 3 is 2.54 bits per heavy atom. The number of amides is 1. The highest BCUT2D eigenvalue weighted by atomic mass is 16.5. The van der Waals surface area contributed by atoms with Crippen molar-refractivity contribution < 1.29 is 9.53 Å². The van der Waals surface area contributed by atoms with Crippen LogP contribution < -0.4 is 15.6 Å². The molecule has 1 aliphatic rings. The lowest BCUT2D eigenvalue weighted by atomic mass is 10.1. The van der Waals surface area contributed by atoms with E-state index in [2.05, 4.69) is 5.32 Å². The standard InChI is InChI=1S/C20H19N3O3/c1-13-18(20(25)23(22(13)2)15-9-4-3-5-10-15)21-19(24)17-12-14-8-6-7-11-16(14)26-17/h3-11,17H,12H2,1-2H3,(H,21,24)/t17-/m0/s1. The Labute approximate surface area is 150 Å². The molecule has 6 nitrogen and oxygen atoms in total. The molecule has 2 aromatic carbocycles. The van der Waals surface area contributed by atoms with Crippen molar-refractivity contribution in [2.45, 2.75) is 19.4 Å². The van der Waals surface area contributed by atoms with Crippen molar-refractivity contribution in [1.82, 2.24) is 9.36 Å². The second-order valence-corrected chi connectivity index (χ2v) is 6.34. The summed E-state index contributed by atoms with van der Waals surface area (Å²) in [5.41, 5.74) is 2.44. The van der Waals surface area contributed by atoms with Gasteiger partial charge >= 0.3 is 0 Å². The highest BCUT2D eigenvalue weighted by Gasteiger charge is 2.30. The van der Waals surface area contributed by atoms with Crippen LogP contribution in [0.2, 0.25) is 0 Å². The monoisotopic (exact) mass is 349 g/mol. The van der Waals surface area contributed by atoms with Gasteiger partial charge in [-0.2, -0.15) is 0 Å². The van der Waals surface area contributed by atoms with Crippen LogP contribution in [0.4, 0.5) is 5.69 Å². The number of nitrogens with one attached hydrogen (secondary N) is 1. The largest absolute Gasteiger partial charge is 0.480 e. The Bertz CT molecular complexity index is 1010. The third-order valence-electron chi connectivity index (χ3n) is 4.74. The lowest BCUT2D eigenvalue weighted by Crippen LogP contribution is -2.33. The number of ether oxygens (including phenoxy) is 1. The zero-order chi connectivity index (χ0) is 18.3. The Morgan fingerprint density at radius 2 is 1.81 bits per heavy atom. The van der Waals surface area contributed by atoms with Crippen LogP contribution in [0, 0.1) is 6.92 Å². The third-order valence-corrected chi connectivity index (χ3v) is 4.74. The molecule has 6 heteroatoms. The zero-order valence-corrected chi connectivity index (χ0v) is 14.6. The number of para-hydroxylation sites is 2. The number of nitrogens with zero attached hydrogens (tertiary/aromatic N) is 2. The van der Waals surface area contributed by atoms with Gasteiger partial charge in [0.25, 0.3) is 11.5 Å². The van der Waals surface area contributed by atoms with Crippen LogP contribution in [0.5, 0.6) is 5.75 Å². The average molecular weight is 349 g/mol. The molecule has 4 rings (SSSR count). The summed E-state index contributed by atoms with van der Waals surface area (Å²) in [5.74, 6) is 0.409. The number of hydrogen-bond acceptors (Lipinski definition) is 3. The minimum absolute atomic E-state index is 0.264. The van der Waals surface area contributed by atoms with E-state index in [9.17, 15) is 9.59 Å². The first-order valence-corrected chi connectivity index (χ1v) is 8.45. The molecule has 1 atom stereocenters. The van der Waals surface area contributed by atoms with Gasteiger partial charge in [0.1, 0.15) is 11.4 Å². The van der Waals surface area contributed by atoms with E-state index in [0.29, 0.717) is 12.1 Å². The fourth-order valence-corrected chi connectivity index (χ4v) is 3.24. The number of carbonyl (C=O) groups excluding carboxylic acids is 1. The second-order valence-electron chi connectivity index (χ2n) is 6.34. The summed E-state index contributed by atoms with van der Waals surface area (Å²) in [5, 5.41) is 2.77. The maximum Gasteiger partial charge on any atom is 0.295 e. The van der Waals surface area contributed by atoms with E-state index in [4.69, 9.17) is 4.74 Å². The summed E-state index contributed by atoms with van der Waals surface area (Å²) >= 11 is 0. The van der Waals surface area contributed by atoms with Crippen molar-refractivity contribution in [2.75, 3.05) is 5.32 Å². The number of carbonyl (C=O) groups is 1. The molecule has 0 radical (unpaired) electrons. The van der Waals surface area contributed by atoms with E-state index in [1.165, 1.54) is 4.68 Å². The maximum atomic E-state index is 12.9. The average Bonchev–Trinajstić information content (AvgIpc) is 3.18. The number of fused-ring (bicyclic) bond motifs is 1. The molecule has 0 unspecified atom stereocenters. The molecule has 1 amide bonds. The Hall–Kier alpha value is -3.28. The molecule has 0 saturated heterocycles. The predicted octanol–water partition coefficient (Wildman–Crippen LogP) is 2.43. The van der Waals surface area contributed by atoms with Crippen LogP contribution >= 0.6 is 0 Å². The van der Waals surface area contributed by atoms with Crippen LogP contribution in [-0.2, 0) is 18.3 Å². The van der Waals surface area contributed by atoms with Crippen LogP contribution in [-0.4, -0.2) is 21.4 Å². The lowest BCUT2D eigenvalue weighted by Gasteiger charge is -2.10. The fraction of sp³-hybridized carbons (Fsp3) is 0.200. The van der Waals surface area contributed by atoms with Crippen molar-refractivity contribution in [2.24, 2.45) is 7.05 Å². The first kappa shape index (κ1) is 16.2. The predicted molar refractivity (Wildman–Crippen MR) is 98.9 cm³/mol. The molecule has 26 heavy (non-hydrogen) atoms. The molecule has 0 bridgehead atoms. The molecule has 0 fully saturated rings. The van der Waals surface area contributed by atoms with Gasteiger partial charge in [-0.25, -0.2) is 4.68 Å². The Balaban J connectivity index is 1.62. The number of aromatic nitrogens is 2. The van der Waals surface area contributed by atoms with Gasteiger partial charge in [0.15, 0.2) is 6.10 Å². The first-order chi connectivity index (χ1) is 12.6. The van der Waals surface area contributed by atoms with Gasteiger partial charge < -0.3 is 10.1 Å². The van der Waals surface area contributed by atoms with Crippen LogP contribution in [0.3, 0.4) is 0 Å². The molecule has 1 aliphatic heterocycles. The quantitative estimate of drug-likeness (QED) is 0.790. The van der Waals surface area contributed by atoms with Crippen LogP contribution in [0.15, 0.2) is 59.4 Å². The van der Waals surface area contributed by atoms with Crippen molar-refractivity contribution in [1.29, 1.82) is 0 Å². The SMILES string of the molecule is Cc1c(NC(=O)[C@@H]2Cc3ccccc3O2)c(=O)n(-c2ccccc2)n1C. The topological polar surface area (TPSA) is 65.3 Å². The number of anilines is 1. The van der Waals surface area contributed by atoms with E-state index in [0.717, 1.165) is 17.0 Å². The minimum atomic E-state index is -0.628. The summed E-state index contributed by atoms with van der Waals surface area (Å²) in [6, 6.07) is 16.9. The Morgan fingerprint density at radius 1 is 1.12 bits per heavy atom. The van der Waals surface area contributed by atoms with Crippen LogP contribution in [0.1, 0.15) is 11.3 Å². The van der Waals surface area contributed by atoms with Gasteiger partial charge in [0, 0.05) is 13.5 Å². The van der Waals surface area contributed by atoms with Crippen molar-refractivity contribution in [3.8, 4) is 11.4 Å². The van der Waals surface area contributed by atoms with Crippen molar-refractivity contribution >= 4 is 11.6 Å². The van der Waals surface area contributed by atoms with Gasteiger partial charge in [0.05, 0.1) is 11.4 Å². The summed E-state index contributed by atoms with van der Waals surface area (Å²) in [4.78, 5) is 25.5. The molecule has 2 heterocycles. The molecular weight excluding hydrogens is 330 g/mol. The van der Waals surface area contributed by atoms with E-state index in [1.807, 2.05) is 54.6 Å². The van der Waals surface area contributed by atoms with Gasteiger partial charge in [-0.3, -0.25) is 14.3 Å². The molecule has 1 N–H and O–H groups in total. The van der Waals surface area contributed by atoms with Gasteiger partial charge in [0.2, 0.25) is 0 Å². The van der Waals surface area contributed by atoms with Crippen molar-refractivity contribution in [3.63, 3.8) is 0 Å². The smallest absolute Gasteiger partial charge is 0.295 e. The molecule has 0 aliphatic carbocycles. The first-order valence-electron chi connectivity index (χ1n) is 8.45. The highest BCUT2D eigenvalue weighted by Crippen LogP contribution is 2.28. The lowest BCUT2D eigenvalue weighted by molar-refractivity contribution is -0.122. The Kier molecular flexibility index (Phi) is 3.88. The summed E-state index contributed by atoms with van der Waals surface area (Å²) in [7, 11) is 1.79. The second kappa shape index (κ2) is 6.22. The normalized spacial score (nSPS) is 15.4. The summed E-state index contributed by atoms with van der Waals surface area (Å²) < 4.78 is 8.99. The molecule has 1 aromatic heterocycles. The van der Waals surface area contributed by atoms with E-state index in [1.54, 1.807) is 18.7 Å². The highest BCUT2D eigenvalue weighted by molar-refractivity contribution is 5.95. The minimum Gasteiger partial charge on any atom is -0.480 e. The fourth-order valence-electron chi connectivity index (χ4n) is 3.24. The molecular formula is C20H19N3O3. The molecule has 3 aromatic rings. The maximum absolute atomic E-state index is 12.9.